The number of rotatable bonds is 11. The van der Waals surface area contributed by atoms with Gasteiger partial charge in [0.05, 0.1) is 12.6 Å². The van der Waals surface area contributed by atoms with Gasteiger partial charge in [-0.25, -0.2) is 0 Å². The largest absolute Gasteiger partial charge is 0.356 e. The minimum atomic E-state index is -0.463. The number of H-pyrrole nitrogens is 1. The van der Waals surface area contributed by atoms with Gasteiger partial charge in [-0.3, -0.25) is 9.59 Å². The Morgan fingerprint density at radius 2 is 1.57 bits per heavy atom. The first-order valence-electron chi connectivity index (χ1n) is 14.1. The first-order chi connectivity index (χ1) is 18.1. The summed E-state index contributed by atoms with van der Waals surface area (Å²) in [6.45, 7) is 8.47. The summed E-state index contributed by atoms with van der Waals surface area (Å²) in [5.74, 6) is 0.127. The third kappa shape index (κ3) is 5.17. The van der Waals surface area contributed by atoms with E-state index >= 15 is 0 Å². The first kappa shape index (κ1) is 25.5. The molecule has 196 valence electrons. The lowest BCUT2D eigenvalue weighted by Crippen LogP contribution is -2.63. The maximum atomic E-state index is 13.9. The van der Waals surface area contributed by atoms with Crippen molar-refractivity contribution in [2.45, 2.75) is 64.5 Å². The predicted molar refractivity (Wildman–Crippen MR) is 148 cm³/mol. The molecule has 3 heterocycles. The van der Waals surface area contributed by atoms with E-state index in [0.717, 1.165) is 48.2 Å². The van der Waals surface area contributed by atoms with E-state index < -0.39 is 6.04 Å². The third-order valence-corrected chi connectivity index (χ3v) is 8.02. The van der Waals surface area contributed by atoms with Gasteiger partial charge >= 0.3 is 0 Å². The average Bonchev–Trinajstić information content (AvgIpc) is 3.30. The van der Waals surface area contributed by atoms with E-state index in [4.69, 9.17) is 0 Å². The van der Waals surface area contributed by atoms with Crippen molar-refractivity contribution in [3.8, 4) is 0 Å². The molecule has 0 saturated carbocycles. The fourth-order valence-electron chi connectivity index (χ4n) is 6.08. The van der Waals surface area contributed by atoms with E-state index in [0.29, 0.717) is 13.0 Å². The van der Waals surface area contributed by atoms with E-state index in [2.05, 4.69) is 48.0 Å². The highest BCUT2D eigenvalue weighted by atomic mass is 16.2. The van der Waals surface area contributed by atoms with E-state index in [9.17, 15) is 9.59 Å². The van der Waals surface area contributed by atoms with Gasteiger partial charge in [0.25, 0.3) is 0 Å². The van der Waals surface area contributed by atoms with Crippen molar-refractivity contribution in [3.05, 3.63) is 71.4 Å². The summed E-state index contributed by atoms with van der Waals surface area (Å²) in [7, 11) is 0. The Balaban J connectivity index is 1.38. The summed E-state index contributed by atoms with van der Waals surface area (Å²) in [6.07, 6.45) is 6.25. The number of unbranched alkanes of at least 4 members (excludes halogenated alkanes) is 2. The number of aromatic nitrogens is 1. The number of hydrogen-bond acceptors (Lipinski definition) is 3. The van der Waals surface area contributed by atoms with Crippen molar-refractivity contribution >= 4 is 22.7 Å². The van der Waals surface area contributed by atoms with Gasteiger partial charge in [0.1, 0.15) is 6.04 Å². The van der Waals surface area contributed by atoms with Crippen LogP contribution in [0, 0.1) is 0 Å². The topological polar surface area (TPSA) is 59.6 Å². The maximum absolute atomic E-state index is 13.9. The van der Waals surface area contributed by atoms with Gasteiger partial charge in [0.15, 0.2) is 0 Å². The van der Waals surface area contributed by atoms with Crippen LogP contribution >= 0.6 is 0 Å². The number of carbonyl (C=O) groups is 2. The molecule has 1 N–H and O–H groups in total. The van der Waals surface area contributed by atoms with Crippen LogP contribution in [-0.4, -0.2) is 70.3 Å². The van der Waals surface area contributed by atoms with Crippen LogP contribution in [0.5, 0.6) is 0 Å². The molecule has 0 spiro atoms. The third-order valence-electron chi connectivity index (χ3n) is 8.02. The lowest BCUT2D eigenvalue weighted by molar-refractivity contribution is -0.158. The molecule has 2 aromatic carbocycles. The van der Waals surface area contributed by atoms with Gasteiger partial charge in [0, 0.05) is 29.6 Å². The van der Waals surface area contributed by atoms with Crippen molar-refractivity contribution in [1.29, 1.82) is 0 Å². The molecule has 5 rings (SSSR count). The summed E-state index contributed by atoms with van der Waals surface area (Å²) in [4.78, 5) is 37.4. The van der Waals surface area contributed by atoms with Crippen LogP contribution in [-0.2, 0) is 16.0 Å². The lowest BCUT2D eigenvalue weighted by Gasteiger charge is -2.47. The molecule has 2 atom stereocenters. The van der Waals surface area contributed by atoms with Gasteiger partial charge < -0.3 is 19.7 Å². The molecule has 6 nitrogen and oxygen atoms in total. The zero-order valence-corrected chi connectivity index (χ0v) is 22.3. The number of nitrogens with one attached hydrogen (secondary N) is 1. The molecule has 0 aliphatic carbocycles. The molecule has 2 aliphatic rings. The highest BCUT2D eigenvalue weighted by Gasteiger charge is 2.48. The van der Waals surface area contributed by atoms with Crippen molar-refractivity contribution in [2.24, 2.45) is 0 Å². The molecule has 1 fully saturated rings. The number of nitrogens with zero attached hydrogens (tertiary/aromatic N) is 3. The number of piperazine rings is 1. The smallest absolute Gasteiger partial charge is 0.246 e. The second-order valence-electron chi connectivity index (χ2n) is 10.6. The molecular weight excluding hydrogens is 460 g/mol. The molecule has 6 heteroatoms. The van der Waals surface area contributed by atoms with E-state index in [1.54, 1.807) is 0 Å². The van der Waals surface area contributed by atoms with Gasteiger partial charge in [-0.1, -0.05) is 75.2 Å². The molecule has 1 unspecified atom stereocenters. The van der Waals surface area contributed by atoms with Crippen molar-refractivity contribution in [2.75, 3.05) is 32.7 Å². The van der Waals surface area contributed by atoms with Crippen LogP contribution in [0.3, 0.4) is 0 Å². The number of para-hydroxylation sites is 1. The Morgan fingerprint density at radius 3 is 2.30 bits per heavy atom. The Morgan fingerprint density at radius 1 is 0.892 bits per heavy atom. The lowest BCUT2D eigenvalue weighted by atomic mass is 9.86. The molecule has 1 saturated heterocycles. The van der Waals surface area contributed by atoms with Gasteiger partial charge in [-0.05, 0) is 56.1 Å². The zero-order chi connectivity index (χ0) is 25.8. The SMILES string of the molecule is CCCCN(CCCC)CCCN1CC(=O)N2C(c3ccccc3)c3[nH]c4ccccc4c3C[C@H]2C1=O. The summed E-state index contributed by atoms with van der Waals surface area (Å²) in [6, 6.07) is 17.7. The van der Waals surface area contributed by atoms with Gasteiger partial charge in [-0.2, -0.15) is 0 Å². The molecule has 2 amide bonds. The molecule has 2 aliphatic heterocycles. The Labute approximate surface area is 220 Å². The average molecular weight is 501 g/mol. The number of fused-ring (bicyclic) bond motifs is 4. The quantitative estimate of drug-likeness (QED) is 0.396. The summed E-state index contributed by atoms with van der Waals surface area (Å²) in [5, 5.41) is 1.15. The van der Waals surface area contributed by atoms with Crippen LogP contribution in [0.1, 0.15) is 68.8 Å². The van der Waals surface area contributed by atoms with Crippen molar-refractivity contribution in [3.63, 3.8) is 0 Å². The number of amides is 2. The Bertz CT molecular complexity index is 1210. The Hall–Kier alpha value is -3.12. The van der Waals surface area contributed by atoms with Crippen LogP contribution in [0.15, 0.2) is 54.6 Å². The van der Waals surface area contributed by atoms with Crippen LogP contribution in [0.4, 0.5) is 0 Å². The fraction of sp³-hybridized carbons (Fsp3) is 0.484. The monoisotopic (exact) mass is 500 g/mol. The molecule has 37 heavy (non-hydrogen) atoms. The summed E-state index contributed by atoms with van der Waals surface area (Å²) in [5.41, 5.74) is 4.31. The van der Waals surface area contributed by atoms with Gasteiger partial charge in [-0.15, -0.1) is 0 Å². The number of aromatic amines is 1. The second-order valence-corrected chi connectivity index (χ2v) is 10.6. The molecule has 0 bridgehead atoms. The minimum absolute atomic E-state index is 0.0385. The summed E-state index contributed by atoms with van der Waals surface area (Å²) >= 11 is 0. The number of hydrogen-bond donors (Lipinski definition) is 1. The number of benzene rings is 2. The Kier molecular flexibility index (Phi) is 7.94. The molecule has 0 radical (unpaired) electrons. The first-order valence-corrected chi connectivity index (χ1v) is 14.1. The molecule has 3 aromatic rings. The van der Waals surface area contributed by atoms with E-state index in [1.807, 2.05) is 40.1 Å². The zero-order valence-electron chi connectivity index (χ0n) is 22.3. The van der Waals surface area contributed by atoms with Crippen molar-refractivity contribution in [1.82, 2.24) is 19.7 Å². The molecule has 1 aromatic heterocycles. The predicted octanol–water partition coefficient (Wildman–Crippen LogP) is 5.15. The van der Waals surface area contributed by atoms with Crippen molar-refractivity contribution < 1.29 is 9.59 Å². The highest BCUT2D eigenvalue weighted by molar-refractivity contribution is 5.97. The number of carbonyl (C=O) groups excluding carboxylic acids is 2. The van der Waals surface area contributed by atoms with Crippen LogP contribution < -0.4 is 0 Å². The summed E-state index contributed by atoms with van der Waals surface area (Å²) < 4.78 is 0. The van der Waals surface area contributed by atoms with Crippen LogP contribution in [0.25, 0.3) is 10.9 Å². The normalized spacial score (nSPS) is 19.5. The van der Waals surface area contributed by atoms with Crippen LogP contribution in [0.2, 0.25) is 0 Å². The molecular formula is C31H40N4O2. The standard InChI is InChI=1S/C31H40N4O2/c1-3-5-17-33(18-6-4-2)19-12-20-34-22-28(36)35-27(31(34)37)21-25-24-15-10-11-16-26(24)32-29(25)30(35)23-13-8-7-9-14-23/h7-11,13-16,27,30,32H,3-6,12,17-22H2,1-2H3/t27-,30?/m0/s1. The highest BCUT2D eigenvalue weighted by Crippen LogP contribution is 2.42. The van der Waals surface area contributed by atoms with Gasteiger partial charge in [0.2, 0.25) is 11.8 Å². The fourth-order valence-corrected chi connectivity index (χ4v) is 6.08. The van der Waals surface area contributed by atoms with E-state index in [-0.39, 0.29) is 24.4 Å². The van der Waals surface area contributed by atoms with E-state index in [1.165, 1.54) is 31.2 Å². The maximum Gasteiger partial charge on any atom is 0.246 e. The second kappa shape index (κ2) is 11.5. The minimum Gasteiger partial charge on any atom is -0.356 e.